The summed E-state index contributed by atoms with van der Waals surface area (Å²) in [7, 11) is 2.28. The van der Waals surface area contributed by atoms with Crippen LogP contribution in [0, 0.1) is 11.3 Å². The highest BCUT2D eigenvalue weighted by Crippen LogP contribution is 2.29. The topological polar surface area (TPSA) is 29.3 Å². The summed E-state index contributed by atoms with van der Waals surface area (Å²) in [6, 6.07) is 1.12. The van der Waals surface area contributed by atoms with E-state index in [0.717, 1.165) is 24.9 Å². The van der Waals surface area contributed by atoms with Crippen molar-refractivity contribution >= 4 is 0 Å². The van der Waals surface area contributed by atoms with Crippen molar-refractivity contribution < 1.29 is 0 Å². The molecule has 1 aliphatic carbocycles. The van der Waals surface area contributed by atoms with E-state index in [1.165, 1.54) is 32.1 Å². The molecule has 1 unspecified atom stereocenters. The molecule has 0 amide bonds. The van der Waals surface area contributed by atoms with Crippen molar-refractivity contribution in [2.75, 3.05) is 13.6 Å². The Labute approximate surface area is 114 Å². The van der Waals surface area contributed by atoms with E-state index in [4.69, 9.17) is 5.73 Å². The molecule has 0 spiro atoms. The summed E-state index contributed by atoms with van der Waals surface area (Å²) in [4.78, 5) is 2.55. The second kappa shape index (κ2) is 6.91. The third-order valence-corrected chi connectivity index (χ3v) is 4.92. The average Bonchev–Trinajstić information content (AvgIpc) is 2.34. The smallest absolute Gasteiger partial charge is 0.00998 e. The molecule has 1 rings (SSSR count). The van der Waals surface area contributed by atoms with Gasteiger partial charge in [-0.1, -0.05) is 34.1 Å². The zero-order valence-corrected chi connectivity index (χ0v) is 13.2. The van der Waals surface area contributed by atoms with Crippen LogP contribution in [0.3, 0.4) is 0 Å². The highest BCUT2D eigenvalue weighted by Gasteiger charge is 2.25. The molecule has 0 bridgehead atoms. The first-order valence-electron chi connectivity index (χ1n) is 7.80. The molecule has 0 aliphatic heterocycles. The molecule has 0 heterocycles. The summed E-state index contributed by atoms with van der Waals surface area (Å²) in [5.41, 5.74) is 6.48. The fourth-order valence-electron chi connectivity index (χ4n) is 2.95. The van der Waals surface area contributed by atoms with Gasteiger partial charge in [0.15, 0.2) is 0 Å². The lowest BCUT2D eigenvalue weighted by Crippen LogP contribution is -2.41. The van der Waals surface area contributed by atoms with Gasteiger partial charge in [-0.15, -0.1) is 0 Å². The zero-order valence-electron chi connectivity index (χ0n) is 13.2. The highest BCUT2D eigenvalue weighted by molar-refractivity contribution is 4.81. The molecule has 1 atom stereocenters. The molecule has 2 heteroatoms. The lowest BCUT2D eigenvalue weighted by atomic mass is 9.83. The van der Waals surface area contributed by atoms with Gasteiger partial charge in [-0.05, 0) is 57.0 Å². The number of nitrogens with zero attached hydrogens (tertiary/aromatic N) is 1. The maximum Gasteiger partial charge on any atom is 0.00998 e. The van der Waals surface area contributed by atoms with Gasteiger partial charge >= 0.3 is 0 Å². The molecule has 1 fully saturated rings. The minimum Gasteiger partial charge on any atom is -0.327 e. The zero-order chi connectivity index (χ0) is 13.8. The van der Waals surface area contributed by atoms with Gasteiger partial charge in [0.05, 0.1) is 0 Å². The second-order valence-electron chi connectivity index (χ2n) is 7.32. The Bertz CT molecular complexity index is 224. The fourth-order valence-corrected chi connectivity index (χ4v) is 2.95. The number of hydrogen-bond donors (Lipinski definition) is 1. The van der Waals surface area contributed by atoms with E-state index in [0.29, 0.717) is 6.04 Å². The van der Waals surface area contributed by atoms with E-state index >= 15 is 0 Å². The molecule has 1 aliphatic rings. The summed E-state index contributed by atoms with van der Waals surface area (Å²) in [6.07, 6.45) is 8.12. The summed E-state index contributed by atoms with van der Waals surface area (Å²) in [5, 5.41) is 0. The quantitative estimate of drug-likeness (QED) is 0.811. The minimum absolute atomic E-state index is 0.237. The van der Waals surface area contributed by atoms with Crippen molar-refractivity contribution in [3.05, 3.63) is 0 Å². The molecule has 0 radical (unpaired) electrons. The largest absolute Gasteiger partial charge is 0.327 e. The Morgan fingerprint density at radius 3 is 2.17 bits per heavy atom. The van der Waals surface area contributed by atoms with E-state index in [2.05, 4.69) is 39.6 Å². The maximum absolute atomic E-state index is 6.25. The number of hydrogen-bond acceptors (Lipinski definition) is 2. The Morgan fingerprint density at radius 1 is 1.17 bits per heavy atom. The molecular weight excluding hydrogens is 220 g/mol. The van der Waals surface area contributed by atoms with Crippen LogP contribution in [0.2, 0.25) is 0 Å². The predicted octanol–water partition coefficient (Wildman–Crippen LogP) is 3.65. The van der Waals surface area contributed by atoms with Gasteiger partial charge < -0.3 is 10.6 Å². The molecule has 2 nitrogen and oxygen atoms in total. The van der Waals surface area contributed by atoms with Gasteiger partial charge in [0.1, 0.15) is 0 Å². The van der Waals surface area contributed by atoms with E-state index in [9.17, 15) is 0 Å². The third kappa shape index (κ3) is 4.89. The molecule has 0 aromatic carbocycles. The van der Waals surface area contributed by atoms with Crippen LogP contribution in [0.5, 0.6) is 0 Å². The van der Waals surface area contributed by atoms with Crippen LogP contribution < -0.4 is 5.73 Å². The van der Waals surface area contributed by atoms with Crippen LogP contribution in [-0.4, -0.2) is 30.6 Å². The molecule has 1 saturated carbocycles. The summed E-state index contributed by atoms with van der Waals surface area (Å²) in [5.74, 6) is 0.992. The third-order valence-electron chi connectivity index (χ3n) is 4.92. The monoisotopic (exact) mass is 254 g/mol. The first-order chi connectivity index (χ1) is 8.34. The van der Waals surface area contributed by atoms with Crippen molar-refractivity contribution in [2.45, 2.75) is 78.3 Å². The highest BCUT2D eigenvalue weighted by atomic mass is 15.1. The van der Waals surface area contributed by atoms with E-state index in [-0.39, 0.29) is 5.41 Å². The standard InChI is InChI=1S/C16H34N2/c1-6-13-7-9-14(10-8-13)18(5)12-11-15(17)16(2,3)4/h13-15H,6-12,17H2,1-5H3. The van der Waals surface area contributed by atoms with Crippen molar-refractivity contribution in [1.82, 2.24) is 4.90 Å². The predicted molar refractivity (Wildman–Crippen MR) is 80.7 cm³/mol. The molecule has 2 N–H and O–H groups in total. The van der Waals surface area contributed by atoms with E-state index < -0.39 is 0 Å². The van der Waals surface area contributed by atoms with Gasteiger partial charge in [-0.25, -0.2) is 0 Å². The molecule has 18 heavy (non-hydrogen) atoms. The van der Waals surface area contributed by atoms with Crippen LogP contribution >= 0.6 is 0 Å². The first kappa shape index (κ1) is 16.0. The van der Waals surface area contributed by atoms with Gasteiger partial charge in [0, 0.05) is 12.1 Å². The summed E-state index contributed by atoms with van der Waals surface area (Å²) in [6.45, 7) is 10.2. The Kier molecular flexibility index (Phi) is 6.13. The molecular formula is C16H34N2. The van der Waals surface area contributed by atoms with Crippen LogP contribution in [0.15, 0.2) is 0 Å². The Balaban J connectivity index is 2.27. The Hall–Kier alpha value is -0.0800. The molecule has 108 valence electrons. The fraction of sp³-hybridized carbons (Fsp3) is 1.00. The van der Waals surface area contributed by atoms with Crippen LogP contribution in [-0.2, 0) is 0 Å². The maximum atomic E-state index is 6.25. The van der Waals surface area contributed by atoms with Crippen molar-refractivity contribution in [3.63, 3.8) is 0 Å². The van der Waals surface area contributed by atoms with Gasteiger partial charge in [0.25, 0.3) is 0 Å². The molecule has 0 aromatic heterocycles. The lowest BCUT2D eigenvalue weighted by Gasteiger charge is -2.36. The SMILES string of the molecule is CCC1CCC(N(C)CCC(N)C(C)(C)C)CC1. The second-order valence-corrected chi connectivity index (χ2v) is 7.32. The van der Waals surface area contributed by atoms with Gasteiger partial charge in [-0.3, -0.25) is 0 Å². The average molecular weight is 254 g/mol. The van der Waals surface area contributed by atoms with Crippen molar-refractivity contribution in [2.24, 2.45) is 17.1 Å². The molecule has 0 saturated heterocycles. The van der Waals surface area contributed by atoms with Gasteiger partial charge in [-0.2, -0.15) is 0 Å². The van der Waals surface area contributed by atoms with Crippen molar-refractivity contribution in [3.8, 4) is 0 Å². The van der Waals surface area contributed by atoms with Gasteiger partial charge in [0.2, 0.25) is 0 Å². The number of nitrogens with two attached hydrogens (primary N) is 1. The van der Waals surface area contributed by atoms with Crippen LogP contribution in [0.1, 0.15) is 66.2 Å². The minimum atomic E-state index is 0.237. The first-order valence-corrected chi connectivity index (χ1v) is 7.80. The molecule has 0 aromatic rings. The van der Waals surface area contributed by atoms with Crippen LogP contribution in [0.25, 0.3) is 0 Å². The lowest BCUT2D eigenvalue weighted by molar-refractivity contribution is 0.151. The number of rotatable bonds is 5. The van der Waals surface area contributed by atoms with E-state index in [1.807, 2.05) is 0 Å². The summed E-state index contributed by atoms with van der Waals surface area (Å²) < 4.78 is 0. The normalized spacial score (nSPS) is 27.5. The Morgan fingerprint density at radius 2 is 1.72 bits per heavy atom. The van der Waals surface area contributed by atoms with Crippen LogP contribution in [0.4, 0.5) is 0 Å². The summed E-state index contributed by atoms with van der Waals surface area (Å²) >= 11 is 0. The van der Waals surface area contributed by atoms with E-state index in [1.54, 1.807) is 0 Å². The van der Waals surface area contributed by atoms with Crippen molar-refractivity contribution in [1.29, 1.82) is 0 Å².